The number of aromatic nitrogens is 2. The lowest BCUT2D eigenvalue weighted by atomic mass is 10.0. The van der Waals surface area contributed by atoms with Crippen LogP contribution in [0.2, 0.25) is 0 Å². The van der Waals surface area contributed by atoms with E-state index in [4.69, 9.17) is 0 Å². The normalized spacial score (nSPS) is 10.8. The van der Waals surface area contributed by atoms with Gasteiger partial charge < -0.3 is 0 Å². The average Bonchev–Trinajstić information content (AvgIpc) is 3.15. The van der Waals surface area contributed by atoms with E-state index < -0.39 is 11.9 Å². The Morgan fingerprint density at radius 2 is 1.44 bits per heavy atom. The lowest BCUT2D eigenvalue weighted by Gasteiger charge is -2.03. The molecule has 0 N–H and O–H groups in total. The predicted octanol–water partition coefficient (Wildman–Crippen LogP) is 7.06. The molecule has 3 aromatic rings. The molecular formula is C19H15F3N2S3. The molecule has 0 radical (unpaired) electrons. The first kappa shape index (κ1) is 20.0. The predicted molar refractivity (Wildman–Crippen MR) is 107 cm³/mol. The number of allylic oxidation sites excluding steroid dienone is 1. The Labute approximate surface area is 167 Å². The van der Waals surface area contributed by atoms with Crippen molar-refractivity contribution in [3.05, 3.63) is 72.1 Å². The monoisotopic (exact) mass is 424 g/mol. The zero-order valence-corrected chi connectivity index (χ0v) is 16.5. The Morgan fingerprint density at radius 3 is 2.11 bits per heavy atom. The van der Waals surface area contributed by atoms with Gasteiger partial charge in [-0.1, -0.05) is 89.5 Å². The van der Waals surface area contributed by atoms with Gasteiger partial charge in [0.1, 0.15) is 0 Å². The third kappa shape index (κ3) is 6.12. The Morgan fingerprint density at radius 1 is 0.815 bits per heavy atom. The molecule has 8 heteroatoms. The summed E-state index contributed by atoms with van der Waals surface area (Å²) in [6, 6.07) is 18.6. The van der Waals surface area contributed by atoms with Crippen molar-refractivity contribution in [3.63, 3.8) is 0 Å². The third-order valence-corrected chi connectivity index (χ3v) is 6.83. The molecule has 3 rings (SSSR count). The number of hydrogen-bond acceptors (Lipinski definition) is 5. The molecule has 0 aliphatic rings. The molecule has 0 aliphatic heterocycles. The fourth-order valence-corrected chi connectivity index (χ4v) is 5.18. The van der Waals surface area contributed by atoms with Gasteiger partial charge in [0.25, 0.3) is 0 Å². The number of halogens is 3. The van der Waals surface area contributed by atoms with Crippen molar-refractivity contribution in [1.29, 1.82) is 0 Å². The van der Waals surface area contributed by atoms with Crippen LogP contribution in [0.4, 0.5) is 13.2 Å². The van der Waals surface area contributed by atoms with Crippen LogP contribution in [0.3, 0.4) is 0 Å². The molecule has 0 aliphatic carbocycles. The maximum atomic E-state index is 12.8. The van der Waals surface area contributed by atoms with Crippen LogP contribution in [0.5, 0.6) is 0 Å². The molecule has 27 heavy (non-hydrogen) atoms. The van der Waals surface area contributed by atoms with Crippen LogP contribution in [-0.4, -0.2) is 16.0 Å². The fourth-order valence-electron chi connectivity index (χ4n) is 2.21. The quantitative estimate of drug-likeness (QED) is 0.362. The SMILES string of the molecule is FC(F)=C(F)CCSc1nnc(SCc2ccc(-c3ccccc3)cc2)s1. The summed E-state index contributed by atoms with van der Waals surface area (Å²) < 4.78 is 38.2. The summed E-state index contributed by atoms with van der Waals surface area (Å²) >= 11 is 4.19. The minimum Gasteiger partial charge on any atom is -0.206 e. The third-order valence-electron chi connectivity index (χ3n) is 3.56. The van der Waals surface area contributed by atoms with E-state index in [0.29, 0.717) is 4.34 Å². The number of thioether (sulfide) groups is 2. The zero-order valence-electron chi connectivity index (χ0n) is 14.1. The summed E-state index contributed by atoms with van der Waals surface area (Å²) in [6.07, 6.45) is -2.55. The first-order chi connectivity index (χ1) is 13.1. The van der Waals surface area contributed by atoms with Gasteiger partial charge in [-0.2, -0.15) is 8.78 Å². The topological polar surface area (TPSA) is 25.8 Å². The maximum absolute atomic E-state index is 12.8. The van der Waals surface area contributed by atoms with E-state index in [1.54, 1.807) is 11.8 Å². The largest absolute Gasteiger partial charge is 0.301 e. The second kappa shape index (κ2) is 9.96. The lowest BCUT2D eigenvalue weighted by molar-refractivity contribution is 0.373. The van der Waals surface area contributed by atoms with E-state index in [1.807, 2.05) is 18.2 Å². The molecule has 0 atom stereocenters. The Balaban J connectivity index is 1.49. The number of nitrogens with zero attached hydrogens (tertiary/aromatic N) is 2. The first-order valence-corrected chi connectivity index (χ1v) is 10.8. The van der Waals surface area contributed by atoms with Crippen molar-refractivity contribution < 1.29 is 13.2 Å². The molecule has 2 nitrogen and oxygen atoms in total. The van der Waals surface area contributed by atoms with Crippen molar-refractivity contribution in [2.45, 2.75) is 20.9 Å². The molecule has 2 aromatic carbocycles. The van der Waals surface area contributed by atoms with Gasteiger partial charge in [0.15, 0.2) is 14.5 Å². The molecule has 0 saturated carbocycles. The fraction of sp³-hybridized carbons (Fsp3) is 0.158. The molecule has 1 heterocycles. The standard InChI is InChI=1S/C19H15F3N2S3/c20-16(17(21)22)10-11-25-18-23-24-19(27-18)26-12-13-6-8-15(9-7-13)14-4-2-1-3-5-14/h1-9H,10-12H2. The number of rotatable bonds is 8. The highest BCUT2D eigenvalue weighted by atomic mass is 32.2. The van der Waals surface area contributed by atoms with E-state index >= 15 is 0 Å². The Hall–Kier alpha value is -1.77. The molecular weight excluding hydrogens is 409 g/mol. The van der Waals surface area contributed by atoms with Gasteiger partial charge in [0, 0.05) is 17.9 Å². The van der Waals surface area contributed by atoms with Gasteiger partial charge in [-0.25, -0.2) is 4.39 Å². The molecule has 0 amide bonds. The van der Waals surface area contributed by atoms with E-state index in [0.717, 1.165) is 10.1 Å². The Bertz CT molecular complexity index is 892. The van der Waals surface area contributed by atoms with Gasteiger partial charge in [0.05, 0.1) is 0 Å². The second-order valence-corrected chi connectivity index (χ2v) is 8.99. The van der Waals surface area contributed by atoms with Gasteiger partial charge in [-0.3, -0.25) is 0 Å². The van der Waals surface area contributed by atoms with Gasteiger partial charge >= 0.3 is 6.08 Å². The van der Waals surface area contributed by atoms with Crippen molar-refractivity contribution in [2.24, 2.45) is 0 Å². The lowest BCUT2D eigenvalue weighted by Crippen LogP contribution is -1.82. The van der Waals surface area contributed by atoms with Crippen LogP contribution >= 0.6 is 34.9 Å². The average molecular weight is 425 g/mol. The van der Waals surface area contributed by atoms with Gasteiger partial charge in [0.2, 0.25) is 0 Å². The van der Waals surface area contributed by atoms with E-state index in [9.17, 15) is 13.2 Å². The van der Waals surface area contributed by atoms with Crippen molar-refractivity contribution in [1.82, 2.24) is 10.2 Å². The Kier molecular flexibility index (Phi) is 7.37. The highest BCUT2D eigenvalue weighted by Gasteiger charge is 2.09. The smallest absolute Gasteiger partial charge is 0.206 e. The minimum atomic E-state index is -2.25. The molecule has 0 spiro atoms. The zero-order chi connectivity index (χ0) is 19.1. The van der Waals surface area contributed by atoms with Crippen molar-refractivity contribution in [3.8, 4) is 11.1 Å². The summed E-state index contributed by atoms with van der Waals surface area (Å²) in [7, 11) is 0. The first-order valence-electron chi connectivity index (χ1n) is 8.05. The highest BCUT2D eigenvalue weighted by molar-refractivity contribution is 8.02. The summed E-state index contributed by atoms with van der Waals surface area (Å²) in [5.74, 6) is -0.386. The highest BCUT2D eigenvalue weighted by Crippen LogP contribution is 2.32. The molecule has 140 valence electrons. The van der Waals surface area contributed by atoms with Gasteiger partial charge in [-0.05, 0) is 16.7 Å². The molecule has 0 saturated heterocycles. The van der Waals surface area contributed by atoms with Crippen LogP contribution < -0.4 is 0 Å². The van der Waals surface area contributed by atoms with Crippen molar-refractivity contribution >= 4 is 34.9 Å². The summed E-state index contributed by atoms with van der Waals surface area (Å²) in [5.41, 5.74) is 3.53. The second-order valence-electron chi connectivity index (χ2n) is 5.45. The van der Waals surface area contributed by atoms with Crippen LogP contribution in [0.1, 0.15) is 12.0 Å². The van der Waals surface area contributed by atoms with Crippen molar-refractivity contribution in [2.75, 3.05) is 5.75 Å². The van der Waals surface area contributed by atoms with Crippen LogP contribution in [0, 0.1) is 0 Å². The molecule has 0 fully saturated rings. The summed E-state index contributed by atoms with van der Waals surface area (Å²) in [4.78, 5) is 0. The summed E-state index contributed by atoms with van der Waals surface area (Å²) in [6.45, 7) is 0. The number of benzene rings is 2. The van der Waals surface area contributed by atoms with Gasteiger partial charge in [-0.15, -0.1) is 10.2 Å². The van der Waals surface area contributed by atoms with Crippen LogP contribution in [-0.2, 0) is 5.75 Å². The summed E-state index contributed by atoms with van der Waals surface area (Å²) in [5, 5.41) is 8.09. The minimum absolute atomic E-state index is 0.212. The van der Waals surface area contributed by atoms with Crippen LogP contribution in [0.25, 0.3) is 11.1 Å². The number of hydrogen-bond donors (Lipinski definition) is 0. The van der Waals surface area contributed by atoms with E-state index in [1.165, 1.54) is 39.8 Å². The molecule has 0 unspecified atom stereocenters. The maximum Gasteiger partial charge on any atom is 0.301 e. The molecule has 1 aromatic heterocycles. The van der Waals surface area contributed by atoms with Crippen LogP contribution in [0.15, 0.2) is 75.2 Å². The van der Waals surface area contributed by atoms with E-state index in [2.05, 4.69) is 46.6 Å². The molecule has 0 bridgehead atoms. The van der Waals surface area contributed by atoms with E-state index in [-0.39, 0.29) is 12.2 Å².